The summed E-state index contributed by atoms with van der Waals surface area (Å²) in [5, 5.41) is 0.364. The zero-order valence-electron chi connectivity index (χ0n) is 13.7. The Kier molecular flexibility index (Phi) is 4.53. The zero-order valence-corrected chi connectivity index (χ0v) is 13.7. The highest BCUT2D eigenvalue weighted by Gasteiger charge is 2.30. The van der Waals surface area contributed by atoms with Gasteiger partial charge in [0.25, 0.3) is 5.56 Å². The first-order valence-electron chi connectivity index (χ1n) is 8.05. The smallest absolute Gasteiger partial charge is 0.338 e. The van der Waals surface area contributed by atoms with Crippen LogP contribution in [-0.2, 0) is 16.0 Å². The van der Waals surface area contributed by atoms with Crippen molar-refractivity contribution < 1.29 is 14.3 Å². The predicted octanol–water partition coefficient (Wildman–Crippen LogP) is 1.43. The molecule has 24 heavy (non-hydrogen) atoms. The molecule has 0 radical (unpaired) electrons. The van der Waals surface area contributed by atoms with Crippen LogP contribution in [0.25, 0.3) is 10.9 Å². The van der Waals surface area contributed by atoms with Crippen LogP contribution in [0.2, 0.25) is 0 Å². The van der Waals surface area contributed by atoms with Crippen molar-refractivity contribution in [1.29, 1.82) is 0 Å². The fraction of sp³-hybridized carbons (Fsp3) is 0.471. The van der Waals surface area contributed by atoms with Crippen LogP contribution in [0, 0.1) is 0 Å². The monoisotopic (exact) mass is 332 g/mol. The van der Waals surface area contributed by atoms with Crippen molar-refractivity contribution >= 4 is 16.9 Å². The molecule has 0 amide bonds. The molecule has 1 aromatic heterocycles. The number of carbonyl (C=O) groups excluding carboxylic acids is 1. The van der Waals surface area contributed by atoms with Crippen molar-refractivity contribution in [3.05, 3.63) is 44.6 Å². The third-order valence-corrected chi connectivity index (χ3v) is 4.49. The first-order chi connectivity index (χ1) is 11.5. The number of hydrogen-bond acceptors (Lipinski definition) is 5. The average Bonchev–Trinajstić information content (AvgIpc) is 3.01. The fourth-order valence-corrected chi connectivity index (χ4v) is 3.17. The number of aromatic amines is 1. The molecule has 128 valence electrons. The Balaban J connectivity index is 1.92. The number of benzene rings is 1. The Morgan fingerprint density at radius 3 is 2.75 bits per heavy atom. The van der Waals surface area contributed by atoms with Crippen molar-refractivity contribution in [3.8, 4) is 0 Å². The lowest BCUT2D eigenvalue weighted by molar-refractivity contribution is -0.0206. The Labute approximate surface area is 138 Å². The predicted molar refractivity (Wildman–Crippen MR) is 88.4 cm³/mol. The molecule has 0 unspecified atom stereocenters. The minimum absolute atomic E-state index is 0.0778. The highest BCUT2D eigenvalue weighted by atomic mass is 16.6. The first kappa shape index (κ1) is 16.4. The summed E-state index contributed by atoms with van der Waals surface area (Å²) in [5.74, 6) is -0.480. The summed E-state index contributed by atoms with van der Waals surface area (Å²) >= 11 is 0. The number of nitrogens with one attached hydrogen (secondary N) is 1. The molecule has 7 heteroatoms. The molecular formula is C17H20N2O5. The highest BCUT2D eigenvalue weighted by Crippen LogP contribution is 2.25. The van der Waals surface area contributed by atoms with E-state index in [4.69, 9.17) is 9.47 Å². The zero-order chi connectivity index (χ0) is 17.3. The van der Waals surface area contributed by atoms with Gasteiger partial charge in [-0.25, -0.2) is 9.59 Å². The van der Waals surface area contributed by atoms with Crippen LogP contribution < -0.4 is 11.2 Å². The summed E-state index contributed by atoms with van der Waals surface area (Å²) in [6, 6.07) is 4.57. The number of esters is 1. The van der Waals surface area contributed by atoms with Crippen molar-refractivity contribution in [1.82, 2.24) is 9.55 Å². The van der Waals surface area contributed by atoms with Crippen molar-refractivity contribution in [2.75, 3.05) is 7.11 Å². The molecular weight excluding hydrogens is 312 g/mol. The summed E-state index contributed by atoms with van der Waals surface area (Å²) in [6.45, 7) is 2.01. The lowest BCUT2D eigenvalue weighted by atomic mass is 10.1. The minimum atomic E-state index is -0.490. The Morgan fingerprint density at radius 2 is 2.04 bits per heavy atom. The molecule has 1 fully saturated rings. The van der Waals surface area contributed by atoms with Gasteiger partial charge in [-0.2, -0.15) is 0 Å². The third kappa shape index (κ3) is 2.87. The maximum absolute atomic E-state index is 12.3. The van der Waals surface area contributed by atoms with Crippen LogP contribution in [0.5, 0.6) is 0 Å². The van der Waals surface area contributed by atoms with Crippen LogP contribution in [0.4, 0.5) is 0 Å². The maximum atomic E-state index is 12.3. The van der Waals surface area contributed by atoms with Crippen LogP contribution in [0.3, 0.4) is 0 Å². The molecule has 0 spiro atoms. The van der Waals surface area contributed by atoms with Crippen molar-refractivity contribution in [3.63, 3.8) is 0 Å². The van der Waals surface area contributed by atoms with E-state index in [2.05, 4.69) is 4.98 Å². The highest BCUT2D eigenvalue weighted by molar-refractivity contribution is 5.94. The summed E-state index contributed by atoms with van der Waals surface area (Å²) in [7, 11) is 1.61. The van der Waals surface area contributed by atoms with Crippen molar-refractivity contribution in [2.45, 2.75) is 44.9 Å². The second-order valence-corrected chi connectivity index (χ2v) is 5.89. The lowest BCUT2D eigenvalue weighted by Crippen LogP contribution is -2.34. The molecule has 0 aliphatic heterocycles. The Bertz CT molecular complexity index is 883. The van der Waals surface area contributed by atoms with Crippen LogP contribution in [0.1, 0.15) is 36.5 Å². The number of hydrogen-bond donors (Lipinski definition) is 1. The quantitative estimate of drug-likeness (QED) is 0.856. The number of carbonyl (C=O) groups is 1. The van der Waals surface area contributed by atoms with E-state index in [0.29, 0.717) is 16.5 Å². The Morgan fingerprint density at radius 1 is 1.29 bits per heavy atom. The summed E-state index contributed by atoms with van der Waals surface area (Å²) in [4.78, 5) is 39.1. The molecule has 1 saturated carbocycles. The van der Waals surface area contributed by atoms with Gasteiger partial charge in [0.05, 0.1) is 22.6 Å². The van der Waals surface area contributed by atoms with Gasteiger partial charge in [-0.1, -0.05) is 0 Å². The van der Waals surface area contributed by atoms with Gasteiger partial charge < -0.3 is 14.5 Å². The van der Waals surface area contributed by atoms with E-state index < -0.39 is 11.7 Å². The van der Waals surface area contributed by atoms with E-state index in [1.54, 1.807) is 26.2 Å². The number of aromatic nitrogens is 2. The maximum Gasteiger partial charge on any atom is 0.338 e. The number of H-pyrrole nitrogens is 1. The largest absolute Gasteiger partial charge is 0.456 e. The molecule has 2 atom stereocenters. The lowest BCUT2D eigenvalue weighted by Gasteiger charge is -2.18. The van der Waals surface area contributed by atoms with Crippen LogP contribution in [0.15, 0.2) is 27.8 Å². The van der Waals surface area contributed by atoms with E-state index >= 15 is 0 Å². The molecule has 1 heterocycles. The van der Waals surface area contributed by atoms with Gasteiger partial charge in [0, 0.05) is 13.7 Å². The SMILES string of the molecule is CCn1c(=O)[nH]c2cc(C(=O)O[C@H]3CCC[C@@H]3OC)ccc2c1=O. The van der Waals surface area contributed by atoms with E-state index in [1.165, 1.54) is 6.07 Å². The summed E-state index contributed by atoms with van der Waals surface area (Å²) in [5.41, 5.74) is -0.227. The Hall–Kier alpha value is -2.41. The summed E-state index contributed by atoms with van der Waals surface area (Å²) < 4.78 is 11.9. The van der Waals surface area contributed by atoms with E-state index in [1.807, 2.05) is 0 Å². The molecule has 0 saturated heterocycles. The number of nitrogens with zero attached hydrogens (tertiary/aromatic N) is 1. The van der Waals surface area contributed by atoms with Crippen molar-refractivity contribution in [2.24, 2.45) is 0 Å². The van der Waals surface area contributed by atoms with Gasteiger partial charge in [0.15, 0.2) is 0 Å². The molecule has 0 bridgehead atoms. The first-order valence-corrected chi connectivity index (χ1v) is 8.05. The third-order valence-electron chi connectivity index (χ3n) is 4.49. The fourth-order valence-electron chi connectivity index (χ4n) is 3.17. The van der Waals surface area contributed by atoms with E-state index in [0.717, 1.165) is 23.8 Å². The van der Waals surface area contributed by atoms with Gasteiger partial charge in [0.2, 0.25) is 0 Å². The number of methoxy groups -OCH3 is 1. The molecule has 1 N–H and O–H groups in total. The standard InChI is InChI=1S/C17H20N2O5/c1-3-19-15(20)11-8-7-10(9-12(11)18-17(19)22)16(21)24-14-6-4-5-13(14)23-2/h7-9,13-14H,3-6H2,1-2H3,(H,18,22)/t13-,14-/m0/s1. The van der Waals surface area contributed by atoms with Gasteiger partial charge in [-0.3, -0.25) is 9.36 Å². The summed E-state index contributed by atoms with van der Waals surface area (Å²) in [6.07, 6.45) is 2.26. The average molecular weight is 332 g/mol. The van der Waals surface area contributed by atoms with E-state index in [9.17, 15) is 14.4 Å². The molecule has 3 rings (SSSR count). The molecule has 1 aliphatic rings. The second kappa shape index (κ2) is 6.60. The van der Waals surface area contributed by atoms with Gasteiger partial charge in [0.1, 0.15) is 6.10 Å². The normalized spacial score (nSPS) is 20.4. The topological polar surface area (TPSA) is 90.4 Å². The molecule has 1 aliphatic carbocycles. The molecule has 1 aromatic carbocycles. The number of rotatable bonds is 4. The van der Waals surface area contributed by atoms with Crippen LogP contribution >= 0.6 is 0 Å². The van der Waals surface area contributed by atoms with Crippen LogP contribution in [-0.4, -0.2) is 34.8 Å². The minimum Gasteiger partial charge on any atom is -0.456 e. The van der Waals surface area contributed by atoms with E-state index in [-0.39, 0.29) is 24.3 Å². The van der Waals surface area contributed by atoms with Gasteiger partial charge >= 0.3 is 11.7 Å². The molecule has 2 aromatic rings. The number of ether oxygens (including phenoxy) is 2. The van der Waals surface area contributed by atoms with Gasteiger partial charge in [-0.05, 0) is 44.4 Å². The second-order valence-electron chi connectivity index (χ2n) is 5.89. The number of fused-ring (bicyclic) bond motifs is 1. The van der Waals surface area contributed by atoms with Gasteiger partial charge in [-0.15, -0.1) is 0 Å². The molecule has 7 nitrogen and oxygen atoms in total.